The van der Waals surface area contributed by atoms with E-state index in [1.54, 1.807) is 12.1 Å². The number of benzene rings is 2. The number of halogens is 3. The van der Waals surface area contributed by atoms with Crippen LogP contribution in [-0.4, -0.2) is 15.1 Å². The van der Waals surface area contributed by atoms with Crippen molar-refractivity contribution < 1.29 is 23.0 Å². The first kappa shape index (κ1) is 19.2. The molecule has 0 spiro atoms. The second kappa shape index (κ2) is 8.33. The first-order valence-electron chi connectivity index (χ1n) is 7.89. The Hall–Kier alpha value is -3.09. The third-order valence-electron chi connectivity index (χ3n) is 3.20. The lowest BCUT2D eigenvalue weighted by molar-refractivity contribution is -0.137. The molecular formula is C19H17F3N2O2. The topological polar surface area (TPSA) is 55.2 Å². The van der Waals surface area contributed by atoms with E-state index < -0.39 is 11.7 Å². The van der Waals surface area contributed by atoms with E-state index in [1.807, 2.05) is 13.8 Å². The minimum Gasteiger partial charge on any atom is -0.508 e. The van der Waals surface area contributed by atoms with E-state index in [9.17, 15) is 18.3 Å². The predicted molar refractivity (Wildman–Crippen MR) is 92.0 cm³/mol. The molecular weight excluding hydrogens is 345 g/mol. The summed E-state index contributed by atoms with van der Waals surface area (Å²) in [4.78, 5) is 8.26. The van der Waals surface area contributed by atoms with Crippen LogP contribution in [0.3, 0.4) is 0 Å². The Morgan fingerprint density at radius 2 is 1.42 bits per heavy atom. The van der Waals surface area contributed by atoms with Crippen molar-refractivity contribution in [1.29, 1.82) is 0 Å². The summed E-state index contributed by atoms with van der Waals surface area (Å²) in [7, 11) is 0. The molecule has 1 heterocycles. The number of aromatic hydroxyl groups is 1. The molecule has 3 aromatic rings. The van der Waals surface area contributed by atoms with Crippen molar-refractivity contribution in [2.45, 2.75) is 20.0 Å². The van der Waals surface area contributed by atoms with Gasteiger partial charge in [-0.25, -0.2) is 9.97 Å². The quantitative estimate of drug-likeness (QED) is 0.651. The van der Waals surface area contributed by atoms with Gasteiger partial charge in [0.05, 0.1) is 5.56 Å². The highest BCUT2D eigenvalue weighted by atomic mass is 19.4. The Kier molecular flexibility index (Phi) is 6.16. The molecule has 0 aliphatic carbocycles. The van der Waals surface area contributed by atoms with E-state index in [0.717, 1.165) is 12.1 Å². The van der Waals surface area contributed by atoms with Crippen LogP contribution >= 0.6 is 0 Å². The van der Waals surface area contributed by atoms with Crippen LogP contribution in [0.5, 0.6) is 17.4 Å². The van der Waals surface area contributed by atoms with Crippen molar-refractivity contribution in [3.05, 3.63) is 66.5 Å². The number of nitrogens with zero attached hydrogens (tertiary/aromatic N) is 2. The maximum atomic E-state index is 12.6. The zero-order valence-corrected chi connectivity index (χ0v) is 14.2. The normalized spacial score (nSPS) is 10.7. The Morgan fingerprint density at radius 1 is 0.846 bits per heavy atom. The maximum absolute atomic E-state index is 12.6. The van der Waals surface area contributed by atoms with Crippen molar-refractivity contribution >= 4 is 0 Å². The summed E-state index contributed by atoms with van der Waals surface area (Å²) in [6.07, 6.45) is -1.51. The molecule has 2 aromatic carbocycles. The fourth-order valence-electron chi connectivity index (χ4n) is 2.04. The van der Waals surface area contributed by atoms with E-state index in [1.165, 1.54) is 36.7 Å². The van der Waals surface area contributed by atoms with Gasteiger partial charge < -0.3 is 9.84 Å². The van der Waals surface area contributed by atoms with Crippen LogP contribution in [0.4, 0.5) is 13.2 Å². The van der Waals surface area contributed by atoms with E-state index in [4.69, 9.17) is 4.74 Å². The monoisotopic (exact) mass is 362 g/mol. The number of aromatic nitrogens is 2. The first-order chi connectivity index (χ1) is 12.4. The van der Waals surface area contributed by atoms with Gasteiger partial charge in [0.25, 0.3) is 0 Å². The molecule has 0 bridgehead atoms. The molecule has 3 rings (SSSR count). The second-order valence-corrected chi connectivity index (χ2v) is 4.88. The average molecular weight is 362 g/mol. The highest BCUT2D eigenvalue weighted by Crippen LogP contribution is 2.33. The second-order valence-electron chi connectivity index (χ2n) is 4.88. The molecule has 1 aromatic heterocycles. The fourth-order valence-corrected chi connectivity index (χ4v) is 2.04. The minimum absolute atomic E-state index is 0.104. The van der Waals surface area contributed by atoms with Crippen LogP contribution in [0.1, 0.15) is 19.4 Å². The van der Waals surface area contributed by atoms with Crippen LogP contribution in [-0.2, 0) is 6.18 Å². The summed E-state index contributed by atoms with van der Waals surface area (Å²) in [5.74, 6) is 0.472. The van der Waals surface area contributed by atoms with Crippen molar-refractivity contribution in [2.24, 2.45) is 0 Å². The maximum Gasteiger partial charge on any atom is 0.416 e. The summed E-state index contributed by atoms with van der Waals surface area (Å²) in [6.45, 7) is 4.00. The van der Waals surface area contributed by atoms with Gasteiger partial charge >= 0.3 is 6.18 Å². The average Bonchev–Trinajstić information content (AvgIpc) is 2.64. The van der Waals surface area contributed by atoms with Gasteiger partial charge in [0.2, 0.25) is 5.88 Å². The molecule has 0 saturated heterocycles. The number of rotatable bonds is 3. The van der Waals surface area contributed by atoms with Gasteiger partial charge in [-0.05, 0) is 48.5 Å². The van der Waals surface area contributed by atoms with E-state index in [-0.39, 0.29) is 17.4 Å². The summed E-state index contributed by atoms with van der Waals surface area (Å²) in [5.41, 5.74) is 0.313. The Morgan fingerprint density at radius 3 is 2.00 bits per heavy atom. The molecule has 0 fully saturated rings. The Labute approximate surface area is 148 Å². The van der Waals surface area contributed by atoms with E-state index >= 15 is 0 Å². The molecule has 0 amide bonds. The lowest BCUT2D eigenvalue weighted by Crippen LogP contribution is -2.04. The van der Waals surface area contributed by atoms with Gasteiger partial charge in [-0.3, -0.25) is 0 Å². The molecule has 0 radical (unpaired) electrons. The molecule has 4 nitrogen and oxygen atoms in total. The highest BCUT2D eigenvalue weighted by molar-refractivity contribution is 5.65. The molecule has 1 N–H and O–H groups in total. The smallest absolute Gasteiger partial charge is 0.416 e. The molecule has 0 aliphatic heterocycles. The minimum atomic E-state index is -4.40. The first-order valence-corrected chi connectivity index (χ1v) is 7.89. The van der Waals surface area contributed by atoms with Crippen molar-refractivity contribution in [3.8, 4) is 28.6 Å². The molecule has 0 aliphatic rings. The number of phenols is 1. The standard InChI is InChI=1S/C17H11F3N2O2.C2H6/c18-17(19,20)12-3-7-14(8-4-12)24-16-15(21-9-10-22-16)11-1-5-13(23)6-2-11;1-2/h1-10,23H;1-2H3. The van der Waals surface area contributed by atoms with E-state index in [0.29, 0.717) is 11.3 Å². The number of hydrogen-bond acceptors (Lipinski definition) is 4. The third-order valence-corrected chi connectivity index (χ3v) is 3.20. The largest absolute Gasteiger partial charge is 0.508 e. The molecule has 0 saturated carbocycles. The summed E-state index contributed by atoms with van der Waals surface area (Å²) in [6, 6.07) is 10.6. The zero-order valence-electron chi connectivity index (χ0n) is 14.2. The Bertz CT molecular complexity index is 833. The number of alkyl halides is 3. The lowest BCUT2D eigenvalue weighted by atomic mass is 10.1. The highest BCUT2D eigenvalue weighted by Gasteiger charge is 2.30. The predicted octanol–water partition coefficient (Wildman–Crippen LogP) is 5.69. The fraction of sp³-hybridized carbons (Fsp3) is 0.158. The summed E-state index contributed by atoms with van der Waals surface area (Å²) in [5, 5.41) is 9.34. The number of hydrogen-bond donors (Lipinski definition) is 1. The third kappa shape index (κ3) is 4.72. The zero-order chi connectivity index (χ0) is 19.2. The SMILES string of the molecule is CC.Oc1ccc(-c2nccnc2Oc2ccc(C(F)(F)F)cc2)cc1. The van der Waals surface area contributed by atoms with E-state index in [2.05, 4.69) is 9.97 Å². The van der Waals surface area contributed by atoms with Crippen molar-refractivity contribution in [1.82, 2.24) is 9.97 Å². The van der Waals surface area contributed by atoms with Crippen LogP contribution in [0.2, 0.25) is 0 Å². The summed E-state index contributed by atoms with van der Waals surface area (Å²) < 4.78 is 43.3. The van der Waals surface area contributed by atoms with Crippen LogP contribution in [0.25, 0.3) is 11.3 Å². The number of phenolic OH excluding ortho intramolecular Hbond substituents is 1. The molecule has 7 heteroatoms. The van der Waals surface area contributed by atoms with Gasteiger partial charge in [-0.1, -0.05) is 13.8 Å². The van der Waals surface area contributed by atoms with Gasteiger partial charge in [0.15, 0.2) is 0 Å². The molecule has 0 atom stereocenters. The van der Waals surface area contributed by atoms with Gasteiger partial charge in [-0.15, -0.1) is 0 Å². The Balaban J connectivity index is 0.00000117. The molecule has 136 valence electrons. The molecule has 0 unspecified atom stereocenters. The van der Waals surface area contributed by atoms with Gasteiger partial charge in [-0.2, -0.15) is 13.2 Å². The molecule has 26 heavy (non-hydrogen) atoms. The summed E-state index contributed by atoms with van der Waals surface area (Å²) >= 11 is 0. The number of ether oxygens (including phenoxy) is 1. The van der Waals surface area contributed by atoms with Crippen molar-refractivity contribution in [3.63, 3.8) is 0 Å². The van der Waals surface area contributed by atoms with Crippen LogP contribution in [0.15, 0.2) is 60.9 Å². The van der Waals surface area contributed by atoms with Crippen LogP contribution in [0, 0.1) is 0 Å². The van der Waals surface area contributed by atoms with Gasteiger partial charge in [0.1, 0.15) is 17.2 Å². The van der Waals surface area contributed by atoms with Crippen molar-refractivity contribution in [2.75, 3.05) is 0 Å². The lowest BCUT2D eigenvalue weighted by Gasteiger charge is -2.10. The van der Waals surface area contributed by atoms with Gasteiger partial charge in [0, 0.05) is 18.0 Å². The van der Waals surface area contributed by atoms with Crippen LogP contribution < -0.4 is 4.74 Å².